The maximum atomic E-state index is 13.5. The van der Waals surface area contributed by atoms with Gasteiger partial charge in [0.15, 0.2) is 0 Å². The number of amides is 1. The highest BCUT2D eigenvalue weighted by Gasteiger charge is 2.33. The molecule has 12 heteroatoms. The highest BCUT2D eigenvalue weighted by Crippen LogP contribution is 2.37. The Morgan fingerprint density at radius 3 is 2.59 bits per heavy atom. The van der Waals surface area contributed by atoms with E-state index in [2.05, 4.69) is 15.0 Å². The van der Waals surface area contributed by atoms with Crippen molar-refractivity contribution < 1.29 is 30.9 Å². The maximum absolute atomic E-state index is 13.5. The van der Waals surface area contributed by atoms with Crippen LogP contribution in [0.1, 0.15) is 42.0 Å². The fourth-order valence-corrected chi connectivity index (χ4v) is 4.97. The van der Waals surface area contributed by atoms with Gasteiger partial charge < -0.3 is 5.32 Å². The molecule has 1 aromatic heterocycles. The van der Waals surface area contributed by atoms with Gasteiger partial charge in [0.2, 0.25) is 5.91 Å². The van der Waals surface area contributed by atoms with E-state index in [1.807, 2.05) is 37.3 Å². The van der Waals surface area contributed by atoms with Crippen LogP contribution in [0.3, 0.4) is 0 Å². The first-order chi connectivity index (χ1) is 17.4. The summed E-state index contributed by atoms with van der Waals surface area (Å²) in [7, 11) is -4.34. The van der Waals surface area contributed by atoms with Crippen LogP contribution in [0.2, 0.25) is 0 Å². The van der Waals surface area contributed by atoms with Crippen LogP contribution < -0.4 is 10.0 Å². The number of hydrogen-bond acceptors (Lipinski definition) is 6. The molecule has 2 aromatic carbocycles. The predicted molar refractivity (Wildman–Crippen MR) is 136 cm³/mol. The Bertz CT molecular complexity index is 1330. The van der Waals surface area contributed by atoms with Gasteiger partial charge in [-0.1, -0.05) is 30.3 Å². The monoisotopic (exact) mass is 553 g/mol. The Kier molecular flexibility index (Phi) is 9.71. The second kappa shape index (κ2) is 12.5. The number of carbonyl (C=O) groups is 1. The van der Waals surface area contributed by atoms with E-state index in [9.17, 15) is 26.4 Å². The predicted octanol–water partition coefficient (Wildman–Crippen LogP) is 5.55. The van der Waals surface area contributed by atoms with Crippen LogP contribution in [0.4, 0.5) is 13.2 Å². The number of halogens is 3. The van der Waals surface area contributed by atoms with Gasteiger partial charge in [-0.2, -0.15) is 21.6 Å². The van der Waals surface area contributed by atoms with Crippen molar-refractivity contribution in [3.8, 4) is 11.1 Å². The molecule has 0 saturated heterocycles. The molecule has 1 heterocycles. The summed E-state index contributed by atoms with van der Waals surface area (Å²) in [6, 6.07) is 14.3. The van der Waals surface area contributed by atoms with Crippen LogP contribution in [0.15, 0.2) is 71.9 Å². The van der Waals surface area contributed by atoms with Crippen molar-refractivity contribution in [3.63, 3.8) is 0 Å². The van der Waals surface area contributed by atoms with Gasteiger partial charge in [0, 0.05) is 29.8 Å². The zero-order chi connectivity index (χ0) is 27.1. The molecule has 0 spiro atoms. The van der Waals surface area contributed by atoms with Crippen LogP contribution in [0, 0.1) is 6.92 Å². The molecular weight excluding hydrogens is 527 g/mol. The summed E-state index contributed by atoms with van der Waals surface area (Å²) in [5.74, 6) is -1.45. The lowest BCUT2D eigenvalue weighted by atomic mass is 9.96. The van der Waals surface area contributed by atoms with Crippen LogP contribution in [-0.4, -0.2) is 29.7 Å². The largest absolute Gasteiger partial charge is 0.417 e. The lowest BCUT2D eigenvalue weighted by Gasteiger charge is -2.21. The molecule has 0 radical (unpaired) electrons. The summed E-state index contributed by atoms with van der Waals surface area (Å²) < 4.78 is 74.0. The second-order valence-electron chi connectivity index (χ2n) is 8.30. The summed E-state index contributed by atoms with van der Waals surface area (Å²) in [6.07, 6.45) is -0.424. The number of aromatic nitrogens is 1. The average Bonchev–Trinajstić information content (AvgIpc) is 2.84. The average molecular weight is 554 g/mol. The van der Waals surface area contributed by atoms with Gasteiger partial charge in [-0.3, -0.25) is 19.1 Å². The summed E-state index contributed by atoms with van der Waals surface area (Å²) in [6.45, 7) is 1.93. The van der Waals surface area contributed by atoms with E-state index in [1.54, 1.807) is 12.4 Å². The number of pyridine rings is 1. The minimum atomic E-state index is -4.51. The van der Waals surface area contributed by atoms with Crippen molar-refractivity contribution in [2.45, 2.75) is 43.3 Å². The van der Waals surface area contributed by atoms with E-state index >= 15 is 0 Å². The number of alkyl halides is 3. The first-order valence-electron chi connectivity index (χ1n) is 11.3. The summed E-state index contributed by atoms with van der Waals surface area (Å²) in [5.41, 5.74) is 2.90. The number of nitrogens with one attached hydrogen (secondary N) is 2. The molecule has 3 rings (SSSR count). The molecule has 37 heavy (non-hydrogen) atoms. The Morgan fingerprint density at radius 2 is 1.89 bits per heavy atom. The van der Waals surface area contributed by atoms with Crippen molar-refractivity contribution in [3.05, 3.63) is 83.7 Å². The van der Waals surface area contributed by atoms with E-state index in [1.165, 1.54) is 18.2 Å². The number of benzene rings is 2. The number of rotatable bonds is 11. The van der Waals surface area contributed by atoms with Crippen molar-refractivity contribution in [1.82, 2.24) is 15.0 Å². The summed E-state index contributed by atoms with van der Waals surface area (Å²) >= 11 is 0.861. The van der Waals surface area contributed by atoms with Gasteiger partial charge in [-0.05, 0) is 78.2 Å². The first-order valence-corrected chi connectivity index (χ1v) is 13.7. The molecule has 1 unspecified atom stereocenters. The lowest BCUT2D eigenvalue weighted by molar-refractivity contribution is -0.139. The first kappa shape index (κ1) is 28.6. The normalized spacial score (nSPS) is 12.8. The lowest BCUT2D eigenvalue weighted by Crippen LogP contribution is -2.29. The third-order valence-electron chi connectivity index (χ3n) is 5.47. The van der Waals surface area contributed by atoms with Gasteiger partial charge in [-0.25, -0.2) is 0 Å². The SMILES string of the molecule is Cc1cnccc1-c1cccc(C(CCCC(=O)NCS(=O)(=O)O)NSc2ccccc2C(F)(F)F)c1. The topological polar surface area (TPSA) is 108 Å². The van der Waals surface area contributed by atoms with E-state index in [-0.39, 0.29) is 11.3 Å². The highest BCUT2D eigenvalue weighted by molar-refractivity contribution is 7.97. The maximum Gasteiger partial charge on any atom is 0.417 e. The molecule has 3 N–H and O–H groups in total. The number of carbonyl (C=O) groups excluding carboxylic acids is 1. The van der Waals surface area contributed by atoms with Gasteiger partial charge in [0.1, 0.15) is 5.88 Å². The Morgan fingerprint density at radius 1 is 1.14 bits per heavy atom. The van der Waals surface area contributed by atoms with E-state index in [0.29, 0.717) is 12.8 Å². The minimum absolute atomic E-state index is 0.0204. The smallest absolute Gasteiger partial charge is 0.340 e. The Balaban J connectivity index is 1.80. The summed E-state index contributed by atoms with van der Waals surface area (Å²) in [5, 5.41) is 2.12. The number of aryl methyl sites for hydroxylation is 1. The van der Waals surface area contributed by atoms with Crippen LogP contribution in [-0.2, 0) is 21.1 Å². The van der Waals surface area contributed by atoms with Crippen LogP contribution in [0.5, 0.6) is 0 Å². The van der Waals surface area contributed by atoms with Gasteiger partial charge in [0.05, 0.1) is 5.56 Å². The molecule has 3 aromatic rings. The van der Waals surface area contributed by atoms with Gasteiger partial charge >= 0.3 is 6.18 Å². The van der Waals surface area contributed by atoms with E-state index in [4.69, 9.17) is 4.55 Å². The Labute approximate surface area is 217 Å². The highest BCUT2D eigenvalue weighted by atomic mass is 32.2. The third kappa shape index (κ3) is 8.85. The van der Waals surface area contributed by atoms with Gasteiger partial charge in [0.25, 0.3) is 10.1 Å². The fourth-order valence-electron chi connectivity index (χ4n) is 3.67. The Hall–Kier alpha value is -2.93. The second-order valence-corrected chi connectivity index (χ2v) is 10.6. The van der Waals surface area contributed by atoms with Gasteiger partial charge in [-0.15, -0.1) is 0 Å². The molecule has 0 aliphatic carbocycles. The molecule has 0 aliphatic heterocycles. The molecule has 0 saturated carbocycles. The van der Waals surface area contributed by atoms with Crippen molar-refractivity contribution in [1.29, 1.82) is 0 Å². The quantitative estimate of drug-likeness (QED) is 0.211. The van der Waals surface area contributed by atoms with E-state index < -0.39 is 39.7 Å². The number of nitrogens with zero attached hydrogens (tertiary/aromatic N) is 1. The van der Waals surface area contributed by atoms with E-state index in [0.717, 1.165) is 40.3 Å². The molecule has 0 aliphatic rings. The molecule has 1 atom stereocenters. The zero-order valence-electron chi connectivity index (χ0n) is 19.8. The van der Waals surface area contributed by atoms with Crippen molar-refractivity contribution in [2.24, 2.45) is 0 Å². The van der Waals surface area contributed by atoms with Crippen LogP contribution >= 0.6 is 11.9 Å². The van der Waals surface area contributed by atoms with Crippen molar-refractivity contribution in [2.75, 3.05) is 5.88 Å². The molecule has 198 valence electrons. The third-order valence-corrected chi connectivity index (χ3v) is 6.96. The molecule has 7 nitrogen and oxygen atoms in total. The van der Waals surface area contributed by atoms with Crippen LogP contribution in [0.25, 0.3) is 11.1 Å². The fraction of sp³-hybridized carbons (Fsp3) is 0.280. The minimum Gasteiger partial charge on any atom is -0.340 e. The molecular formula is C25H26F3N3O4S2. The molecule has 0 fully saturated rings. The molecule has 0 bridgehead atoms. The zero-order valence-corrected chi connectivity index (χ0v) is 21.5. The summed E-state index contributed by atoms with van der Waals surface area (Å²) in [4.78, 5) is 16.1. The number of hydrogen-bond donors (Lipinski definition) is 3. The molecule has 1 amide bonds. The standard InChI is InChI=1S/C25H26F3N3O4S2/c1-17-15-29-13-12-20(17)18-6-4-7-19(14-18)22(9-5-11-24(32)30-16-37(33,34)35)31-36-23-10-3-2-8-21(23)25(26,27)28/h2-4,6-8,10,12-15,22,31H,5,9,11,16H2,1H3,(H,30,32)(H,33,34,35). The van der Waals surface area contributed by atoms with Crippen molar-refractivity contribution >= 4 is 28.0 Å².